The first-order valence-electron chi connectivity index (χ1n) is 7.20. The molecule has 0 saturated carbocycles. The van der Waals surface area contributed by atoms with Crippen molar-refractivity contribution in [2.75, 3.05) is 11.4 Å². The van der Waals surface area contributed by atoms with E-state index in [0.29, 0.717) is 0 Å². The average Bonchev–Trinajstić information content (AvgIpc) is 2.47. The number of anilines is 2. The minimum atomic E-state index is 1.06. The summed E-state index contributed by atoms with van der Waals surface area (Å²) in [5.74, 6) is 1.10. The molecule has 2 heterocycles. The topological polar surface area (TPSA) is 16.1 Å². The van der Waals surface area contributed by atoms with E-state index in [-0.39, 0.29) is 0 Å². The van der Waals surface area contributed by atoms with Gasteiger partial charge in [-0.05, 0) is 43.0 Å². The molecule has 1 aliphatic heterocycles. The van der Waals surface area contributed by atoms with Gasteiger partial charge in [-0.25, -0.2) is 4.98 Å². The first kappa shape index (κ1) is 12.2. The summed E-state index contributed by atoms with van der Waals surface area (Å²) < 4.78 is 0. The molecule has 0 N–H and O–H groups in total. The van der Waals surface area contributed by atoms with Crippen molar-refractivity contribution < 1.29 is 0 Å². The van der Waals surface area contributed by atoms with Crippen LogP contribution in [0.15, 0.2) is 42.5 Å². The number of nitrogens with zero attached hydrogens (tertiary/aromatic N) is 2. The zero-order chi connectivity index (χ0) is 13.1. The molecule has 3 rings (SSSR count). The summed E-state index contributed by atoms with van der Waals surface area (Å²) in [5.41, 5.74) is 3.97. The Balaban J connectivity index is 1.97. The number of fused-ring (bicyclic) bond motifs is 1. The summed E-state index contributed by atoms with van der Waals surface area (Å²) in [4.78, 5) is 7.17. The zero-order valence-corrected chi connectivity index (χ0v) is 11.5. The van der Waals surface area contributed by atoms with E-state index in [1.807, 2.05) is 0 Å². The van der Waals surface area contributed by atoms with Gasteiger partial charge in [-0.2, -0.15) is 0 Å². The lowest BCUT2D eigenvalue weighted by molar-refractivity contribution is 0.755. The molecule has 98 valence electrons. The van der Waals surface area contributed by atoms with Crippen LogP contribution in [0.5, 0.6) is 0 Å². The molecule has 1 aromatic carbocycles. The number of para-hydroxylation sites is 1. The summed E-state index contributed by atoms with van der Waals surface area (Å²) in [7, 11) is 0. The van der Waals surface area contributed by atoms with Crippen molar-refractivity contribution in [1.29, 1.82) is 0 Å². The Morgan fingerprint density at radius 3 is 2.89 bits per heavy atom. The van der Waals surface area contributed by atoms with Crippen LogP contribution in [0.3, 0.4) is 0 Å². The van der Waals surface area contributed by atoms with Crippen molar-refractivity contribution in [3.05, 3.63) is 53.7 Å². The molecule has 0 bridgehead atoms. The fraction of sp³-hybridized carbons (Fsp3) is 0.353. The second-order valence-electron chi connectivity index (χ2n) is 5.12. The fourth-order valence-corrected chi connectivity index (χ4v) is 2.78. The van der Waals surface area contributed by atoms with E-state index in [1.165, 1.54) is 29.8 Å². The van der Waals surface area contributed by atoms with Gasteiger partial charge in [0.2, 0.25) is 0 Å². The van der Waals surface area contributed by atoms with Crippen LogP contribution in [-0.2, 0) is 12.8 Å². The van der Waals surface area contributed by atoms with Crippen molar-refractivity contribution in [2.24, 2.45) is 0 Å². The number of pyridine rings is 1. The normalized spacial score (nSPS) is 14.3. The minimum Gasteiger partial charge on any atom is -0.326 e. The number of rotatable bonds is 3. The van der Waals surface area contributed by atoms with Crippen LogP contribution < -0.4 is 4.90 Å². The number of aryl methyl sites for hydroxylation is 2. The quantitative estimate of drug-likeness (QED) is 0.817. The Bertz CT molecular complexity index is 563. The molecule has 2 aromatic rings. The lowest BCUT2D eigenvalue weighted by Crippen LogP contribution is -2.25. The number of benzene rings is 1. The number of hydrogen-bond acceptors (Lipinski definition) is 2. The molecule has 0 radical (unpaired) electrons. The molecule has 1 aromatic heterocycles. The highest BCUT2D eigenvalue weighted by Gasteiger charge is 2.18. The Morgan fingerprint density at radius 2 is 2.00 bits per heavy atom. The predicted molar refractivity (Wildman–Crippen MR) is 80.0 cm³/mol. The van der Waals surface area contributed by atoms with Crippen LogP contribution in [0.4, 0.5) is 11.5 Å². The van der Waals surface area contributed by atoms with E-state index in [4.69, 9.17) is 4.98 Å². The molecule has 0 saturated heterocycles. The Labute approximate surface area is 115 Å². The van der Waals surface area contributed by atoms with Crippen molar-refractivity contribution in [1.82, 2.24) is 4.98 Å². The zero-order valence-electron chi connectivity index (χ0n) is 11.5. The van der Waals surface area contributed by atoms with E-state index in [9.17, 15) is 0 Å². The third-order valence-corrected chi connectivity index (χ3v) is 3.68. The summed E-state index contributed by atoms with van der Waals surface area (Å²) >= 11 is 0. The van der Waals surface area contributed by atoms with E-state index in [0.717, 1.165) is 25.2 Å². The van der Waals surface area contributed by atoms with E-state index >= 15 is 0 Å². The number of hydrogen-bond donors (Lipinski definition) is 0. The van der Waals surface area contributed by atoms with Gasteiger partial charge < -0.3 is 4.90 Å². The molecule has 0 aliphatic carbocycles. The summed E-state index contributed by atoms with van der Waals surface area (Å²) in [5, 5.41) is 0. The lowest BCUT2D eigenvalue weighted by Gasteiger charge is -2.30. The molecule has 0 atom stereocenters. The maximum atomic E-state index is 4.81. The van der Waals surface area contributed by atoms with Crippen LogP contribution in [0.2, 0.25) is 0 Å². The lowest BCUT2D eigenvalue weighted by atomic mass is 10.0. The Morgan fingerprint density at radius 1 is 1.11 bits per heavy atom. The van der Waals surface area contributed by atoms with Gasteiger partial charge in [-0.15, -0.1) is 0 Å². The maximum Gasteiger partial charge on any atom is 0.133 e. The van der Waals surface area contributed by atoms with Crippen LogP contribution in [0, 0.1) is 0 Å². The van der Waals surface area contributed by atoms with Gasteiger partial charge in [0.15, 0.2) is 0 Å². The summed E-state index contributed by atoms with van der Waals surface area (Å²) in [6.45, 7) is 3.27. The van der Waals surface area contributed by atoms with E-state index < -0.39 is 0 Å². The van der Waals surface area contributed by atoms with Gasteiger partial charge in [0.1, 0.15) is 5.82 Å². The molecule has 1 aliphatic rings. The maximum absolute atomic E-state index is 4.81. The van der Waals surface area contributed by atoms with Crippen molar-refractivity contribution in [3.8, 4) is 0 Å². The molecule has 0 unspecified atom stereocenters. The molecule has 2 heteroatoms. The van der Waals surface area contributed by atoms with Crippen LogP contribution in [0.25, 0.3) is 0 Å². The molecule has 0 fully saturated rings. The third-order valence-electron chi connectivity index (χ3n) is 3.68. The van der Waals surface area contributed by atoms with Crippen molar-refractivity contribution >= 4 is 11.5 Å². The molecular weight excluding hydrogens is 232 g/mol. The largest absolute Gasteiger partial charge is 0.326 e. The highest BCUT2D eigenvalue weighted by atomic mass is 15.2. The highest BCUT2D eigenvalue weighted by molar-refractivity contribution is 5.65. The predicted octanol–water partition coefficient (Wildman–Crippen LogP) is 4.12. The standard InChI is InChI=1S/C17H20N2/c1-2-7-15-10-5-12-17(18-15)19-13-6-9-14-8-3-4-11-16(14)19/h3-5,8,10-12H,2,6-7,9,13H2,1H3. The Hall–Kier alpha value is -1.83. The summed E-state index contributed by atoms with van der Waals surface area (Å²) in [6.07, 6.45) is 4.59. The SMILES string of the molecule is CCCc1cccc(N2CCCc3ccccc32)n1. The van der Waals surface area contributed by atoms with Crippen LogP contribution in [-0.4, -0.2) is 11.5 Å². The molecular formula is C17H20N2. The van der Waals surface area contributed by atoms with Gasteiger partial charge in [0.05, 0.1) is 0 Å². The van der Waals surface area contributed by atoms with Gasteiger partial charge in [0, 0.05) is 17.9 Å². The minimum absolute atomic E-state index is 1.06. The van der Waals surface area contributed by atoms with Gasteiger partial charge in [0.25, 0.3) is 0 Å². The van der Waals surface area contributed by atoms with Crippen LogP contribution in [0.1, 0.15) is 31.0 Å². The van der Waals surface area contributed by atoms with Gasteiger partial charge in [-0.1, -0.05) is 37.6 Å². The smallest absolute Gasteiger partial charge is 0.133 e. The van der Waals surface area contributed by atoms with Crippen LogP contribution >= 0.6 is 0 Å². The number of aromatic nitrogens is 1. The van der Waals surface area contributed by atoms with E-state index in [2.05, 4.69) is 54.3 Å². The third kappa shape index (κ3) is 2.48. The summed E-state index contributed by atoms with van der Waals surface area (Å²) in [6, 6.07) is 15.1. The second-order valence-corrected chi connectivity index (χ2v) is 5.12. The first-order valence-corrected chi connectivity index (χ1v) is 7.20. The molecule has 19 heavy (non-hydrogen) atoms. The molecule has 0 spiro atoms. The Kier molecular flexibility index (Phi) is 3.49. The first-order chi connectivity index (χ1) is 9.38. The van der Waals surface area contributed by atoms with E-state index in [1.54, 1.807) is 0 Å². The average molecular weight is 252 g/mol. The molecule has 0 amide bonds. The monoisotopic (exact) mass is 252 g/mol. The highest BCUT2D eigenvalue weighted by Crippen LogP contribution is 2.32. The second kappa shape index (κ2) is 5.43. The van der Waals surface area contributed by atoms with Crippen molar-refractivity contribution in [3.63, 3.8) is 0 Å². The van der Waals surface area contributed by atoms with Gasteiger partial charge in [-0.3, -0.25) is 0 Å². The van der Waals surface area contributed by atoms with Crippen molar-refractivity contribution in [2.45, 2.75) is 32.6 Å². The van der Waals surface area contributed by atoms with Gasteiger partial charge >= 0.3 is 0 Å². The molecule has 2 nitrogen and oxygen atoms in total. The fourth-order valence-electron chi connectivity index (χ4n) is 2.78.